The highest BCUT2D eigenvalue weighted by Gasteiger charge is 2.08. The Kier molecular flexibility index (Phi) is 3.05. The molecule has 2 heterocycles. The highest BCUT2D eigenvalue weighted by Crippen LogP contribution is 2.23. The van der Waals surface area contributed by atoms with Crippen molar-refractivity contribution in [1.29, 1.82) is 0 Å². The van der Waals surface area contributed by atoms with Crippen molar-refractivity contribution in [1.82, 2.24) is 19.7 Å². The third kappa shape index (κ3) is 2.14. The molecule has 0 saturated heterocycles. The summed E-state index contributed by atoms with van der Waals surface area (Å²) in [5, 5.41) is 7.96. The number of nitrogens with one attached hydrogen (secondary N) is 1. The fourth-order valence-corrected chi connectivity index (χ4v) is 1.58. The standard InChI is InChI=1S/C10H12ClN5/c1-3-8-9(5-16(2)15-8)14-10-7(11)4-12-6-13-10/h4-6H,3H2,1-2H3,(H,12,13,14). The Bertz CT molecular complexity index is 494. The van der Waals surface area contributed by atoms with Gasteiger partial charge in [0.05, 0.1) is 17.6 Å². The second-order valence-corrected chi connectivity index (χ2v) is 3.77. The van der Waals surface area contributed by atoms with Gasteiger partial charge in [-0.2, -0.15) is 5.10 Å². The second-order valence-electron chi connectivity index (χ2n) is 3.36. The zero-order chi connectivity index (χ0) is 11.5. The van der Waals surface area contributed by atoms with Crippen LogP contribution in [-0.4, -0.2) is 19.7 Å². The lowest BCUT2D eigenvalue weighted by Gasteiger charge is -2.05. The zero-order valence-corrected chi connectivity index (χ0v) is 9.86. The van der Waals surface area contributed by atoms with E-state index in [0.29, 0.717) is 10.8 Å². The molecular weight excluding hydrogens is 226 g/mol. The molecule has 0 radical (unpaired) electrons. The van der Waals surface area contributed by atoms with Gasteiger partial charge in [-0.05, 0) is 6.42 Å². The molecule has 0 fully saturated rings. The third-order valence-corrected chi connectivity index (χ3v) is 2.44. The Labute approximate surface area is 98.5 Å². The molecule has 0 atom stereocenters. The molecule has 2 rings (SSSR count). The first-order valence-electron chi connectivity index (χ1n) is 4.95. The zero-order valence-electron chi connectivity index (χ0n) is 9.11. The average molecular weight is 238 g/mol. The van der Waals surface area contributed by atoms with Crippen molar-refractivity contribution in [3.8, 4) is 0 Å². The normalized spacial score (nSPS) is 10.4. The van der Waals surface area contributed by atoms with E-state index in [4.69, 9.17) is 11.6 Å². The molecule has 0 spiro atoms. The van der Waals surface area contributed by atoms with Crippen molar-refractivity contribution in [3.05, 3.63) is 29.4 Å². The van der Waals surface area contributed by atoms with Crippen LogP contribution in [-0.2, 0) is 13.5 Å². The van der Waals surface area contributed by atoms with Crippen LogP contribution in [0.2, 0.25) is 5.02 Å². The van der Waals surface area contributed by atoms with Crippen molar-refractivity contribution in [3.63, 3.8) is 0 Å². The Morgan fingerprint density at radius 2 is 2.31 bits per heavy atom. The lowest BCUT2D eigenvalue weighted by atomic mass is 10.3. The first-order valence-corrected chi connectivity index (χ1v) is 5.33. The second kappa shape index (κ2) is 4.49. The van der Waals surface area contributed by atoms with E-state index in [1.807, 2.05) is 13.2 Å². The number of aromatic nitrogens is 4. The molecule has 0 saturated carbocycles. The molecule has 0 amide bonds. The number of rotatable bonds is 3. The highest BCUT2D eigenvalue weighted by atomic mass is 35.5. The Morgan fingerprint density at radius 3 is 3.00 bits per heavy atom. The maximum atomic E-state index is 5.96. The molecule has 0 aliphatic heterocycles. The molecule has 2 aromatic rings. The van der Waals surface area contributed by atoms with Crippen LogP contribution >= 0.6 is 11.6 Å². The molecule has 0 aromatic carbocycles. The number of anilines is 2. The monoisotopic (exact) mass is 237 g/mol. The van der Waals surface area contributed by atoms with Crippen molar-refractivity contribution < 1.29 is 0 Å². The van der Waals surface area contributed by atoms with E-state index in [0.717, 1.165) is 17.8 Å². The van der Waals surface area contributed by atoms with Gasteiger partial charge in [-0.15, -0.1) is 0 Å². The maximum Gasteiger partial charge on any atom is 0.152 e. The Morgan fingerprint density at radius 1 is 1.50 bits per heavy atom. The molecule has 0 bridgehead atoms. The smallest absolute Gasteiger partial charge is 0.152 e. The highest BCUT2D eigenvalue weighted by molar-refractivity contribution is 6.32. The minimum Gasteiger partial charge on any atom is -0.336 e. The van der Waals surface area contributed by atoms with Crippen molar-refractivity contribution >= 4 is 23.1 Å². The largest absolute Gasteiger partial charge is 0.336 e. The molecule has 0 unspecified atom stereocenters. The Balaban J connectivity index is 2.30. The topological polar surface area (TPSA) is 55.6 Å². The SMILES string of the molecule is CCc1nn(C)cc1Nc1ncncc1Cl. The first-order chi connectivity index (χ1) is 7.70. The van der Waals surface area contributed by atoms with Gasteiger partial charge in [0.25, 0.3) is 0 Å². The molecular formula is C10H12ClN5. The van der Waals surface area contributed by atoms with Crippen LogP contribution in [0.4, 0.5) is 11.5 Å². The number of nitrogens with zero attached hydrogens (tertiary/aromatic N) is 4. The van der Waals surface area contributed by atoms with Gasteiger partial charge in [0.15, 0.2) is 5.82 Å². The molecule has 6 heteroatoms. The van der Waals surface area contributed by atoms with Crippen LogP contribution in [0.25, 0.3) is 0 Å². The summed E-state index contributed by atoms with van der Waals surface area (Å²) in [6.45, 7) is 2.05. The van der Waals surface area contributed by atoms with Crippen LogP contribution < -0.4 is 5.32 Å². The van der Waals surface area contributed by atoms with Crippen LogP contribution in [0.3, 0.4) is 0 Å². The minimum absolute atomic E-state index is 0.494. The number of hydrogen-bond donors (Lipinski definition) is 1. The fraction of sp³-hybridized carbons (Fsp3) is 0.300. The van der Waals surface area contributed by atoms with E-state index in [1.54, 1.807) is 10.9 Å². The van der Waals surface area contributed by atoms with Crippen LogP contribution in [0.15, 0.2) is 18.7 Å². The summed E-state index contributed by atoms with van der Waals surface area (Å²) < 4.78 is 1.76. The summed E-state index contributed by atoms with van der Waals surface area (Å²) in [4.78, 5) is 7.90. The number of hydrogen-bond acceptors (Lipinski definition) is 4. The predicted molar refractivity (Wildman–Crippen MR) is 62.9 cm³/mol. The molecule has 0 aliphatic carbocycles. The molecule has 84 valence electrons. The van der Waals surface area contributed by atoms with Gasteiger partial charge in [0.2, 0.25) is 0 Å². The number of aryl methyl sites for hydroxylation is 2. The van der Waals surface area contributed by atoms with Crippen LogP contribution in [0, 0.1) is 0 Å². The van der Waals surface area contributed by atoms with E-state index in [1.165, 1.54) is 6.33 Å². The van der Waals surface area contributed by atoms with Gasteiger partial charge in [-0.25, -0.2) is 9.97 Å². The predicted octanol–water partition coefficient (Wildman–Crippen LogP) is 2.17. The summed E-state index contributed by atoms with van der Waals surface area (Å²) in [6, 6.07) is 0. The van der Waals surface area contributed by atoms with Gasteiger partial charge < -0.3 is 5.32 Å². The van der Waals surface area contributed by atoms with Crippen molar-refractivity contribution in [2.75, 3.05) is 5.32 Å². The van der Waals surface area contributed by atoms with Crippen molar-refractivity contribution in [2.45, 2.75) is 13.3 Å². The van der Waals surface area contributed by atoms with Gasteiger partial charge in [-0.3, -0.25) is 4.68 Å². The summed E-state index contributed by atoms with van der Waals surface area (Å²) in [6.07, 6.45) is 5.76. The van der Waals surface area contributed by atoms with E-state index < -0.39 is 0 Å². The van der Waals surface area contributed by atoms with Crippen LogP contribution in [0.1, 0.15) is 12.6 Å². The van der Waals surface area contributed by atoms with E-state index in [2.05, 4.69) is 27.3 Å². The van der Waals surface area contributed by atoms with Crippen molar-refractivity contribution in [2.24, 2.45) is 7.05 Å². The van der Waals surface area contributed by atoms with Gasteiger partial charge in [0.1, 0.15) is 11.3 Å². The van der Waals surface area contributed by atoms with Crippen LogP contribution in [0.5, 0.6) is 0 Å². The maximum absolute atomic E-state index is 5.96. The molecule has 1 N–H and O–H groups in total. The summed E-state index contributed by atoms with van der Waals surface area (Å²) in [7, 11) is 1.88. The quantitative estimate of drug-likeness (QED) is 0.889. The lowest BCUT2D eigenvalue weighted by molar-refractivity contribution is 0.746. The molecule has 2 aromatic heterocycles. The van der Waals surface area contributed by atoms with E-state index in [-0.39, 0.29) is 0 Å². The lowest BCUT2D eigenvalue weighted by Crippen LogP contribution is -1.96. The van der Waals surface area contributed by atoms with E-state index >= 15 is 0 Å². The van der Waals surface area contributed by atoms with Gasteiger partial charge >= 0.3 is 0 Å². The summed E-state index contributed by atoms with van der Waals surface area (Å²) >= 11 is 5.96. The summed E-state index contributed by atoms with van der Waals surface area (Å²) in [5.74, 6) is 0.597. The molecule has 0 aliphatic rings. The van der Waals surface area contributed by atoms with E-state index in [9.17, 15) is 0 Å². The third-order valence-electron chi connectivity index (χ3n) is 2.16. The minimum atomic E-state index is 0.494. The van der Waals surface area contributed by atoms with Gasteiger partial charge in [0, 0.05) is 13.2 Å². The van der Waals surface area contributed by atoms with Gasteiger partial charge in [-0.1, -0.05) is 18.5 Å². The Hall–Kier alpha value is -1.62. The first kappa shape index (κ1) is 10.9. The summed E-state index contributed by atoms with van der Waals surface area (Å²) in [5.41, 5.74) is 1.91. The molecule has 5 nitrogen and oxygen atoms in total. The average Bonchev–Trinajstić information content (AvgIpc) is 2.62. The molecule has 16 heavy (non-hydrogen) atoms. The fourth-order valence-electron chi connectivity index (χ4n) is 1.43. The number of halogens is 1.